The normalized spacial score (nSPS) is 24.4. The summed E-state index contributed by atoms with van der Waals surface area (Å²) < 4.78 is 0. The zero-order valence-electron chi connectivity index (χ0n) is 13.9. The molecule has 5 nitrogen and oxygen atoms in total. The van der Waals surface area contributed by atoms with E-state index in [-0.39, 0.29) is 17.7 Å². The van der Waals surface area contributed by atoms with Gasteiger partial charge in [0.05, 0.1) is 0 Å². The van der Waals surface area contributed by atoms with Crippen LogP contribution in [0.5, 0.6) is 5.75 Å². The number of amides is 1. The molecular weight excluding hydrogens is 290 g/mol. The maximum atomic E-state index is 13.2. The Hall–Kier alpha value is -1.59. The molecule has 0 bridgehead atoms. The van der Waals surface area contributed by atoms with Crippen molar-refractivity contribution in [3.05, 3.63) is 29.8 Å². The molecule has 1 amide bonds. The molecule has 1 aromatic carbocycles. The third kappa shape index (κ3) is 3.85. The molecule has 2 aliphatic rings. The summed E-state index contributed by atoms with van der Waals surface area (Å²) in [6.45, 7) is 6.45. The maximum absolute atomic E-state index is 13.2. The summed E-state index contributed by atoms with van der Waals surface area (Å²) in [6.07, 6.45) is 3.40. The molecule has 0 aromatic heterocycles. The summed E-state index contributed by atoms with van der Waals surface area (Å²) in [5, 5.41) is 13.3. The molecule has 0 radical (unpaired) electrons. The number of nitrogens with zero attached hydrogens (tertiary/aromatic N) is 2. The topological polar surface area (TPSA) is 55.8 Å². The smallest absolute Gasteiger partial charge is 0.244 e. The zero-order chi connectivity index (χ0) is 16.2. The van der Waals surface area contributed by atoms with Gasteiger partial charge in [0.2, 0.25) is 5.91 Å². The summed E-state index contributed by atoms with van der Waals surface area (Å²) in [4.78, 5) is 17.5. The number of carbonyl (C=O) groups excluding carboxylic acids is 1. The molecule has 2 unspecified atom stereocenters. The highest BCUT2D eigenvalue weighted by molar-refractivity contribution is 5.83. The van der Waals surface area contributed by atoms with Crippen molar-refractivity contribution in [2.45, 2.75) is 38.3 Å². The van der Waals surface area contributed by atoms with Crippen LogP contribution in [0, 0.1) is 0 Å². The highest BCUT2D eigenvalue weighted by atomic mass is 16.3. The SMILES string of the molecule is CC1CN(C(C(=O)N2CCCCC2)c2cccc(O)c2)CCN1. The summed E-state index contributed by atoms with van der Waals surface area (Å²) in [7, 11) is 0. The Bertz CT molecular complexity index is 543. The van der Waals surface area contributed by atoms with Crippen LogP contribution in [0.4, 0.5) is 0 Å². The summed E-state index contributed by atoms with van der Waals surface area (Å²) in [6, 6.07) is 7.26. The van der Waals surface area contributed by atoms with Gasteiger partial charge in [0.1, 0.15) is 11.8 Å². The fourth-order valence-corrected chi connectivity index (χ4v) is 3.69. The Labute approximate surface area is 138 Å². The number of carbonyl (C=O) groups is 1. The largest absolute Gasteiger partial charge is 0.508 e. The lowest BCUT2D eigenvalue weighted by Gasteiger charge is -2.40. The minimum atomic E-state index is -0.287. The highest BCUT2D eigenvalue weighted by Gasteiger charge is 2.34. The number of aromatic hydroxyl groups is 1. The molecule has 2 N–H and O–H groups in total. The molecule has 5 heteroatoms. The van der Waals surface area contributed by atoms with Gasteiger partial charge >= 0.3 is 0 Å². The van der Waals surface area contributed by atoms with Crippen LogP contribution in [0.15, 0.2) is 24.3 Å². The van der Waals surface area contributed by atoms with Crippen molar-refractivity contribution >= 4 is 5.91 Å². The first-order chi connectivity index (χ1) is 11.1. The highest BCUT2D eigenvalue weighted by Crippen LogP contribution is 2.28. The molecule has 23 heavy (non-hydrogen) atoms. The third-order valence-corrected chi connectivity index (χ3v) is 4.85. The quantitative estimate of drug-likeness (QED) is 0.892. The Kier molecular flexibility index (Phi) is 5.18. The standard InChI is InChI=1S/C18H27N3O2/c1-14-13-21(11-8-19-14)17(15-6-5-7-16(22)12-15)18(23)20-9-3-2-4-10-20/h5-7,12,14,17,19,22H,2-4,8-11,13H2,1H3. The molecule has 2 fully saturated rings. The fraction of sp³-hybridized carbons (Fsp3) is 0.611. The van der Waals surface area contributed by atoms with Gasteiger partial charge in [-0.05, 0) is 43.9 Å². The molecule has 2 saturated heterocycles. The molecule has 2 aliphatic heterocycles. The van der Waals surface area contributed by atoms with Crippen LogP contribution in [-0.4, -0.2) is 59.6 Å². The lowest BCUT2D eigenvalue weighted by atomic mass is 10.00. The first-order valence-electron chi connectivity index (χ1n) is 8.70. The van der Waals surface area contributed by atoms with Crippen molar-refractivity contribution in [3.8, 4) is 5.75 Å². The number of likely N-dealkylation sites (tertiary alicyclic amines) is 1. The second-order valence-electron chi connectivity index (χ2n) is 6.73. The van der Waals surface area contributed by atoms with E-state index in [1.807, 2.05) is 17.0 Å². The van der Waals surface area contributed by atoms with Crippen LogP contribution in [0.2, 0.25) is 0 Å². The van der Waals surface area contributed by atoms with Crippen LogP contribution in [0.3, 0.4) is 0 Å². The number of benzene rings is 1. The fourth-order valence-electron chi connectivity index (χ4n) is 3.69. The molecule has 126 valence electrons. The van der Waals surface area contributed by atoms with Crippen molar-refractivity contribution in [3.63, 3.8) is 0 Å². The number of hydrogen-bond acceptors (Lipinski definition) is 4. The van der Waals surface area contributed by atoms with Gasteiger partial charge in [-0.3, -0.25) is 9.69 Å². The van der Waals surface area contributed by atoms with Crippen molar-refractivity contribution in [1.82, 2.24) is 15.1 Å². The summed E-state index contributed by atoms with van der Waals surface area (Å²) in [5.41, 5.74) is 0.898. The second kappa shape index (κ2) is 7.32. The number of phenols is 1. The molecule has 3 rings (SSSR count). The number of nitrogens with one attached hydrogen (secondary N) is 1. The Morgan fingerprint density at radius 3 is 2.74 bits per heavy atom. The van der Waals surface area contributed by atoms with Gasteiger partial charge in [-0.1, -0.05) is 12.1 Å². The first kappa shape index (κ1) is 16.3. The summed E-state index contributed by atoms with van der Waals surface area (Å²) in [5.74, 6) is 0.409. The van der Waals surface area contributed by atoms with Crippen LogP contribution in [0.25, 0.3) is 0 Å². The minimum absolute atomic E-state index is 0.185. The van der Waals surface area contributed by atoms with Crippen LogP contribution >= 0.6 is 0 Å². The second-order valence-corrected chi connectivity index (χ2v) is 6.73. The number of hydrogen-bond donors (Lipinski definition) is 2. The molecule has 0 aliphatic carbocycles. The number of phenolic OH excluding ortho intramolecular Hbond substituents is 1. The van der Waals surface area contributed by atoms with Gasteiger partial charge in [-0.2, -0.15) is 0 Å². The van der Waals surface area contributed by atoms with E-state index in [0.29, 0.717) is 6.04 Å². The van der Waals surface area contributed by atoms with E-state index >= 15 is 0 Å². The monoisotopic (exact) mass is 317 g/mol. The third-order valence-electron chi connectivity index (χ3n) is 4.85. The molecule has 0 spiro atoms. The lowest BCUT2D eigenvalue weighted by molar-refractivity contribution is -0.138. The van der Waals surface area contributed by atoms with E-state index in [2.05, 4.69) is 17.1 Å². The van der Waals surface area contributed by atoms with Crippen LogP contribution in [-0.2, 0) is 4.79 Å². The predicted molar refractivity (Wildman–Crippen MR) is 90.3 cm³/mol. The van der Waals surface area contributed by atoms with Gasteiger partial charge in [0.15, 0.2) is 0 Å². The molecular formula is C18H27N3O2. The number of rotatable bonds is 3. The number of piperazine rings is 1. The van der Waals surface area contributed by atoms with Crippen LogP contribution in [0.1, 0.15) is 37.8 Å². The van der Waals surface area contributed by atoms with Crippen molar-refractivity contribution in [2.24, 2.45) is 0 Å². The lowest BCUT2D eigenvalue weighted by Crippen LogP contribution is -2.54. The molecule has 1 aromatic rings. The molecule has 0 saturated carbocycles. The van der Waals surface area contributed by atoms with Gasteiger partial charge in [-0.25, -0.2) is 0 Å². The van der Waals surface area contributed by atoms with E-state index in [1.54, 1.807) is 12.1 Å². The number of piperidine rings is 1. The van der Waals surface area contributed by atoms with E-state index in [9.17, 15) is 9.90 Å². The minimum Gasteiger partial charge on any atom is -0.508 e. The van der Waals surface area contributed by atoms with Crippen molar-refractivity contribution < 1.29 is 9.90 Å². The van der Waals surface area contributed by atoms with Crippen molar-refractivity contribution in [2.75, 3.05) is 32.7 Å². The Morgan fingerprint density at radius 1 is 1.26 bits per heavy atom. The first-order valence-corrected chi connectivity index (χ1v) is 8.70. The average Bonchev–Trinajstić information content (AvgIpc) is 2.56. The van der Waals surface area contributed by atoms with Crippen LogP contribution < -0.4 is 5.32 Å². The van der Waals surface area contributed by atoms with Gasteiger partial charge < -0.3 is 15.3 Å². The van der Waals surface area contributed by atoms with Gasteiger partial charge in [-0.15, -0.1) is 0 Å². The van der Waals surface area contributed by atoms with E-state index in [0.717, 1.165) is 51.1 Å². The zero-order valence-corrected chi connectivity index (χ0v) is 13.9. The molecule has 2 heterocycles. The van der Waals surface area contributed by atoms with E-state index in [1.165, 1.54) is 6.42 Å². The summed E-state index contributed by atoms with van der Waals surface area (Å²) >= 11 is 0. The van der Waals surface area contributed by atoms with Crippen molar-refractivity contribution in [1.29, 1.82) is 0 Å². The van der Waals surface area contributed by atoms with E-state index in [4.69, 9.17) is 0 Å². The Morgan fingerprint density at radius 2 is 2.04 bits per heavy atom. The van der Waals surface area contributed by atoms with Gasteiger partial charge in [0.25, 0.3) is 0 Å². The Balaban J connectivity index is 1.87. The van der Waals surface area contributed by atoms with Gasteiger partial charge in [0, 0.05) is 38.8 Å². The average molecular weight is 317 g/mol. The predicted octanol–water partition coefficient (Wildman–Crippen LogP) is 1.74. The van der Waals surface area contributed by atoms with E-state index < -0.39 is 0 Å². The molecule has 2 atom stereocenters. The maximum Gasteiger partial charge on any atom is 0.244 e.